The smallest absolute Gasteiger partial charge is 0.208 e. The molecule has 0 aliphatic heterocycles. The number of hydrogen-bond donors (Lipinski definition) is 1. The SMILES string of the molecule is Cc1cnc(CNCCS(=O)(=O)C(C)(C)C)o1. The van der Waals surface area contributed by atoms with Gasteiger partial charge in [-0.15, -0.1) is 0 Å². The molecule has 1 aromatic rings. The summed E-state index contributed by atoms with van der Waals surface area (Å²) in [4.78, 5) is 4.02. The molecular formula is C11H20N2O3S. The molecule has 98 valence electrons. The van der Waals surface area contributed by atoms with Crippen molar-refractivity contribution in [3.8, 4) is 0 Å². The molecular weight excluding hydrogens is 240 g/mol. The number of nitrogens with one attached hydrogen (secondary N) is 1. The van der Waals surface area contributed by atoms with Gasteiger partial charge in [-0.3, -0.25) is 0 Å². The first-order chi connectivity index (χ1) is 7.72. The number of sulfone groups is 1. The second kappa shape index (κ2) is 5.18. The van der Waals surface area contributed by atoms with Gasteiger partial charge < -0.3 is 9.73 Å². The average Bonchev–Trinajstić information content (AvgIpc) is 2.57. The molecule has 0 bridgehead atoms. The monoisotopic (exact) mass is 260 g/mol. The topological polar surface area (TPSA) is 72.2 Å². The maximum absolute atomic E-state index is 11.8. The zero-order valence-corrected chi connectivity index (χ0v) is 11.6. The third kappa shape index (κ3) is 4.12. The summed E-state index contributed by atoms with van der Waals surface area (Å²) in [5, 5.41) is 3.01. The van der Waals surface area contributed by atoms with Crippen LogP contribution < -0.4 is 5.32 Å². The van der Waals surface area contributed by atoms with Crippen LogP contribution in [-0.2, 0) is 16.4 Å². The van der Waals surface area contributed by atoms with Crippen molar-refractivity contribution in [2.75, 3.05) is 12.3 Å². The molecule has 1 rings (SSSR count). The fourth-order valence-electron chi connectivity index (χ4n) is 1.19. The predicted octanol–water partition coefficient (Wildman–Crippen LogP) is 1.29. The maximum Gasteiger partial charge on any atom is 0.208 e. The van der Waals surface area contributed by atoms with E-state index in [0.717, 1.165) is 5.76 Å². The molecule has 0 aliphatic carbocycles. The summed E-state index contributed by atoms with van der Waals surface area (Å²) in [6.45, 7) is 7.80. The van der Waals surface area contributed by atoms with Gasteiger partial charge in [0.05, 0.1) is 23.2 Å². The van der Waals surface area contributed by atoms with E-state index in [2.05, 4.69) is 10.3 Å². The molecule has 0 aliphatic rings. The number of rotatable bonds is 5. The number of oxazole rings is 1. The number of aromatic nitrogens is 1. The molecule has 0 aromatic carbocycles. The van der Waals surface area contributed by atoms with Gasteiger partial charge in [0.1, 0.15) is 5.76 Å². The Hall–Kier alpha value is -0.880. The standard InChI is InChI=1S/C11H20N2O3S/c1-9-7-13-10(16-9)8-12-5-6-17(14,15)11(2,3)4/h7,12H,5-6,8H2,1-4H3. The summed E-state index contributed by atoms with van der Waals surface area (Å²) in [6.07, 6.45) is 1.64. The van der Waals surface area contributed by atoms with Crippen LogP contribution in [0.2, 0.25) is 0 Å². The number of aryl methyl sites for hydroxylation is 1. The van der Waals surface area contributed by atoms with Gasteiger partial charge in [-0.25, -0.2) is 13.4 Å². The Morgan fingerprint density at radius 3 is 2.53 bits per heavy atom. The van der Waals surface area contributed by atoms with Crippen molar-refractivity contribution < 1.29 is 12.8 Å². The molecule has 17 heavy (non-hydrogen) atoms. The highest BCUT2D eigenvalue weighted by Gasteiger charge is 2.27. The largest absolute Gasteiger partial charge is 0.445 e. The van der Waals surface area contributed by atoms with E-state index in [-0.39, 0.29) is 5.75 Å². The molecule has 0 atom stereocenters. The Morgan fingerprint density at radius 2 is 2.06 bits per heavy atom. The Balaban J connectivity index is 2.34. The lowest BCUT2D eigenvalue weighted by atomic mass is 10.3. The van der Waals surface area contributed by atoms with E-state index in [9.17, 15) is 8.42 Å². The van der Waals surface area contributed by atoms with Gasteiger partial charge in [-0.1, -0.05) is 0 Å². The fraction of sp³-hybridized carbons (Fsp3) is 0.727. The molecule has 0 unspecified atom stereocenters. The van der Waals surface area contributed by atoms with E-state index in [4.69, 9.17) is 4.42 Å². The molecule has 0 spiro atoms. The van der Waals surface area contributed by atoms with E-state index in [1.54, 1.807) is 27.0 Å². The Morgan fingerprint density at radius 1 is 1.41 bits per heavy atom. The average molecular weight is 260 g/mol. The van der Waals surface area contributed by atoms with Gasteiger partial charge >= 0.3 is 0 Å². The summed E-state index contributed by atoms with van der Waals surface area (Å²) in [5.74, 6) is 1.45. The van der Waals surface area contributed by atoms with Crippen LogP contribution >= 0.6 is 0 Å². The van der Waals surface area contributed by atoms with Crippen molar-refractivity contribution in [2.45, 2.75) is 39.0 Å². The highest BCUT2D eigenvalue weighted by Crippen LogP contribution is 2.15. The minimum absolute atomic E-state index is 0.121. The first-order valence-corrected chi connectivity index (χ1v) is 7.22. The van der Waals surface area contributed by atoms with E-state index in [0.29, 0.717) is 19.0 Å². The molecule has 6 heteroatoms. The van der Waals surface area contributed by atoms with Crippen LogP contribution in [0.15, 0.2) is 10.6 Å². The molecule has 0 saturated heterocycles. The van der Waals surface area contributed by atoms with Crippen molar-refractivity contribution in [3.05, 3.63) is 17.8 Å². The molecule has 0 amide bonds. The van der Waals surface area contributed by atoms with E-state index in [1.165, 1.54) is 0 Å². The Labute approximate surface area is 103 Å². The second-order valence-electron chi connectivity index (χ2n) is 4.97. The zero-order valence-electron chi connectivity index (χ0n) is 10.8. The third-order valence-electron chi connectivity index (χ3n) is 2.43. The van der Waals surface area contributed by atoms with Gasteiger partial charge in [0.25, 0.3) is 0 Å². The summed E-state index contributed by atoms with van der Waals surface area (Å²) >= 11 is 0. The highest BCUT2D eigenvalue weighted by atomic mass is 32.2. The highest BCUT2D eigenvalue weighted by molar-refractivity contribution is 7.92. The lowest BCUT2D eigenvalue weighted by Crippen LogP contribution is -2.34. The molecule has 0 radical (unpaired) electrons. The van der Waals surface area contributed by atoms with Crippen LogP contribution in [0, 0.1) is 6.92 Å². The molecule has 5 nitrogen and oxygen atoms in total. The van der Waals surface area contributed by atoms with Crippen LogP contribution in [0.25, 0.3) is 0 Å². The van der Waals surface area contributed by atoms with Crippen molar-refractivity contribution >= 4 is 9.84 Å². The quantitative estimate of drug-likeness (QED) is 0.808. The molecule has 1 N–H and O–H groups in total. The minimum atomic E-state index is -3.06. The van der Waals surface area contributed by atoms with Gasteiger partial charge in [0.2, 0.25) is 5.89 Å². The van der Waals surface area contributed by atoms with E-state index in [1.807, 2.05) is 6.92 Å². The van der Waals surface area contributed by atoms with Crippen molar-refractivity contribution in [2.24, 2.45) is 0 Å². The molecule has 0 saturated carbocycles. The van der Waals surface area contributed by atoms with Gasteiger partial charge in [-0.05, 0) is 27.7 Å². The summed E-state index contributed by atoms with van der Waals surface area (Å²) < 4.78 is 28.1. The fourth-order valence-corrected chi connectivity index (χ4v) is 2.22. The summed E-state index contributed by atoms with van der Waals surface area (Å²) in [7, 11) is -3.06. The van der Waals surface area contributed by atoms with Crippen molar-refractivity contribution in [1.29, 1.82) is 0 Å². The van der Waals surface area contributed by atoms with Crippen molar-refractivity contribution in [1.82, 2.24) is 10.3 Å². The number of nitrogens with zero attached hydrogens (tertiary/aromatic N) is 1. The molecule has 1 aromatic heterocycles. The predicted molar refractivity (Wildman–Crippen MR) is 66.5 cm³/mol. The van der Waals surface area contributed by atoms with Crippen LogP contribution in [0.4, 0.5) is 0 Å². The first-order valence-electron chi connectivity index (χ1n) is 5.57. The Bertz CT molecular complexity index is 457. The van der Waals surface area contributed by atoms with E-state index < -0.39 is 14.6 Å². The van der Waals surface area contributed by atoms with Crippen LogP contribution in [0.3, 0.4) is 0 Å². The summed E-state index contributed by atoms with van der Waals surface area (Å²) in [5.41, 5.74) is 0. The van der Waals surface area contributed by atoms with Gasteiger partial charge in [0, 0.05) is 6.54 Å². The lowest BCUT2D eigenvalue weighted by molar-refractivity contribution is 0.452. The second-order valence-corrected chi connectivity index (χ2v) is 7.84. The van der Waals surface area contributed by atoms with Gasteiger partial charge in [0.15, 0.2) is 9.84 Å². The van der Waals surface area contributed by atoms with Gasteiger partial charge in [-0.2, -0.15) is 0 Å². The lowest BCUT2D eigenvalue weighted by Gasteiger charge is -2.18. The first kappa shape index (κ1) is 14.2. The van der Waals surface area contributed by atoms with Crippen LogP contribution in [0.5, 0.6) is 0 Å². The van der Waals surface area contributed by atoms with Crippen LogP contribution in [-0.4, -0.2) is 30.4 Å². The normalized spacial score (nSPS) is 12.9. The zero-order chi connectivity index (χ0) is 13.1. The van der Waals surface area contributed by atoms with Crippen molar-refractivity contribution in [3.63, 3.8) is 0 Å². The summed E-state index contributed by atoms with van der Waals surface area (Å²) in [6, 6.07) is 0. The maximum atomic E-state index is 11.8. The molecule has 1 heterocycles. The number of hydrogen-bond acceptors (Lipinski definition) is 5. The molecule has 0 fully saturated rings. The van der Waals surface area contributed by atoms with Crippen LogP contribution in [0.1, 0.15) is 32.4 Å². The third-order valence-corrected chi connectivity index (χ3v) is 5.03. The van der Waals surface area contributed by atoms with E-state index >= 15 is 0 Å². The minimum Gasteiger partial charge on any atom is -0.445 e. The Kier molecular flexibility index (Phi) is 4.32.